The second-order valence-electron chi connectivity index (χ2n) is 3.14. The molecule has 0 saturated carbocycles. The van der Waals surface area contributed by atoms with Crippen molar-refractivity contribution in [2.75, 3.05) is 27.3 Å². The quantitative estimate of drug-likeness (QED) is 0.445. The zero-order chi connectivity index (χ0) is 8.20. The predicted molar refractivity (Wildman–Crippen MR) is 41.3 cm³/mol. The zero-order valence-electron chi connectivity index (χ0n) is 7.27. The van der Waals surface area contributed by atoms with Crippen LogP contribution in [0.25, 0.3) is 0 Å². The summed E-state index contributed by atoms with van der Waals surface area (Å²) in [5.41, 5.74) is 0. The van der Waals surface area contributed by atoms with Gasteiger partial charge in [-0.2, -0.15) is 0 Å². The van der Waals surface area contributed by atoms with Gasteiger partial charge in [-0.25, -0.2) is 0 Å². The minimum absolute atomic E-state index is 0.0413. The molecule has 0 aliphatic rings. The molecule has 1 amide bonds. The average molecular weight is 145 g/mol. The lowest BCUT2D eigenvalue weighted by Gasteiger charge is -2.27. The Bertz CT molecular complexity index is 121. The average Bonchev–Trinajstić information content (AvgIpc) is 1.85. The van der Waals surface area contributed by atoms with Crippen LogP contribution in [0.2, 0.25) is 0 Å². The van der Waals surface area contributed by atoms with Crippen molar-refractivity contribution >= 4 is 5.91 Å². The maximum Gasteiger partial charge on any atom is 0.221 e. The van der Waals surface area contributed by atoms with Crippen molar-refractivity contribution in [3.63, 3.8) is 0 Å². The number of carbonyl (C=O) groups excluding carboxylic acids is 1. The van der Waals surface area contributed by atoms with Crippen LogP contribution in [0.3, 0.4) is 0 Å². The molecule has 0 unspecified atom stereocenters. The van der Waals surface area contributed by atoms with E-state index in [4.69, 9.17) is 0 Å². The second-order valence-corrected chi connectivity index (χ2v) is 3.14. The standard InChI is InChI=1S/C7H16N2O/c1-5-9(3,4)6-8-7(2)10/h5-6H2,1-4H3/p+1. The molecular weight excluding hydrogens is 128 g/mol. The van der Waals surface area contributed by atoms with Gasteiger partial charge in [0.05, 0.1) is 20.6 Å². The molecule has 0 radical (unpaired) electrons. The fourth-order valence-electron chi connectivity index (χ4n) is 0.437. The zero-order valence-corrected chi connectivity index (χ0v) is 7.27. The van der Waals surface area contributed by atoms with Gasteiger partial charge in [0.1, 0.15) is 0 Å². The van der Waals surface area contributed by atoms with E-state index in [0.717, 1.165) is 11.0 Å². The van der Waals surface area contributed by atoms with Crippen LogP contribution in [-0.4, -0.2) is 37.7 Å². The van der Waals surface area contributed by atoms with Gasteiger partial charge in [0.2, 0.25) is 5.91 Å². The van der Waals surface area contributed by atoms with Crippen LogP contribution in [-0.2, 0) is 4.79 Å². The van der Waals surface area contributed by atoms with Gasteiger partial charge in [-0.15, -0.1) is 0 Å². The van der Waals surface area contributed by atoms with Crippen LogP contribution in [0.4, 0.5) is 0 Å². The molecule has 0 heterocycles. The second kappa shape index (κ2) is 3.56. The molecule has 0 aromatic carbocycles. The summed E-state index contributed by atoms with van der Waals surface area (Å²) in [6.07, 6.45) is 0. The van der Waals surface area contributed by atoms with Crippen LogP contribution in [0.1, 0.15) is 13.8 Å². The Morgan fingerprint density at radius 1 is 1.50 bits per heavy atom. The fraction of sp³-hybridized carbons (Fsp3) is 0.857. The Morgan fingerprint density at radius 2 is 2.00 bits per heavy atom. The summed E-state index contributed by atoms with van der Waals surface area (Å²) in [6.45, 7) is 5.38. The summed E-state index contributed by atoms with van der Waals surface area (Å²) in [5, 5.41) is 2.77. The molecule has 0 spiro atoms. The van der Waals surface area contributed by atoms with E-state index in [1.54, 1.807) is 0 Å². The molecule has 0 aromatic rings. The first-order valence-electron chi connectivity index (χ1n) is 3.54. The minimum Gasteiger partial charge on any atom is -0.312 e. The number of hydrogen-bond acceptors (Lipinski definition) is 1. The fourth-order valence-corrected chi connectivity index (χ4v) is 0.437. The lowest BCUT2D eigenvalue weighted by Crippen LogP contribution is -2.47. The molecule has 0 atom stereocenters. The molecule has 3 heteroatoms. The third-order valence-corrected chi connectivity index (χ3v) is 1.61. The van der Waals surface area contributed by atoms with Crippen LogP contribution in [0.5, 0.6) is 0 Å². The highest BCUT2D eigenvalue weighted by Gasteiger charge is 2.10. The third kappa shape index (κ3) is 4.32. The molecule has 1 N–H and O–H groups in total. The van der Waals surface area contributed by atoms with Crippen molar-refractivity contribution in [2.45, 2.75) is 13.8 Å². The van der Waals surface area contributed by atoms with E-state index < -0.39 is 0 Å². The van der Waals surface area contributed by atoms with Gasteiger partial charge in [0, 0.05) is 6.92 Å². The molecule has 3 nitrogen and oxygen atoms in total. The van der Waals surface area contributed by atoms with Gasteiger partial charge < -0.3 is 9.80 Å². The molecule has 0 aliphatic carbocycles. The summed E-state index contributed by atoms with van der Waals surface area (Å²) in [7, 11) is 4.16. The van der Waals surface area contributed by atoms with E-state index in [1.807, 2.05) is 0 Å². The smallest absolute Gasteiger partial charge is 0.221 e. The summed E-state index contributed by atoms with van der Waals surface area (Å²) in [4.78, 5) is 10.5. The van der Waals surface area contributed by atoms with E-state index in [9.17, 15) is 4.79 Å². The Labute approximate surface area is 62.6 Å². The number of nitrogens with one attached hydrogen (secondary N) is 1. The lowest BCUT2D eigenvalue weighted by atomic mass is 10.5. The molecule has 0 aliphatic heterocycles. The first-order valence-corrected chi connectivity index (χ1v) is 3.54. The highest BCUT2D eigenvalue weighted by molar-refractivity contribution is 5.72. The number of quaternary nitrogens is 1. The number of hydrogen-bond donors (Lipinski definition) is 1. The van der Waals surface area contributed by atoms with Crippen LogP contribution in [0, 0.1) is 0 Å². The van der Waals surface area contributed by atoms with Gasteiger partial charge in [-0.3, -0.25) is 4.79 Å². The van der Waals surface area contributed by atoms with Gasteiger partial charge in [0.15, 0.2) is 6.67 Å². The van der Waals surface area contributed by atoms with E-state index in [1.165, 1.54) is 6.92 Å². The molecule has 0 fully saturated rings. The van der Waals surface area contributed by atoms with E-state index in [0.29, 0.717) is 6.67 Å². The lowest BCUT2D eigenvalue weighted by molar-refractivity contribution is -0.890. The Morgan fingerprint density at radius 3 is 2.30 bits per heavy atom. The molecular formula is C7H17N2O+. The van der Waals surface area contributed by atoms with Gasteiger partial charge in [-0.05, 0) is 6.92 Å². The maximum absolute atomic E-state index is 10.5. The first kappa shape index (κ1) is 9.43. The number of nitrogens with zero attached hydrogens (tertiary/aromatic N) is 1. The normalized spacial score (nSPS) is 11.2. The van der Waals surface area contributed by atoms with Crippen LogP contribution in [0.15, 0.2) is 0 Å². The summed E-state index contributed by atoms with van der Waals surface area (Å²) in [5.74, 6) is 0.0413. The van der Waals surface area contributed by atoms with Crippen molar-refractivity contribution in [3.05, 3.63) is 0 Å². The monoisotopic (exact) mass is 145 g/mol. The number of amides is 1. The number of rotatable bonds is 3. The molecule has 60 valence electrons. The van der Waals surface area contributed by atoms with E-state index in [2.05, 4.69) is 26.3 Å². The predicted octanol–water partition coefficient (Wildman–Crippen LogP) is 0.176. The minimum atomic E-state index is 0.0413. The van der Waals surface area contributed by atoms with Crippen molar-refractivity contribution < 1.29 is 9.28 Å². The van der Waals surface area contributed by atoms with Crippen LogP contribution < -0.4 is 5.32 Å². The number of carbonyl (C=O) groups is 1. The molecule has 0 aromatic heterocycles. The highest BCUT2D eigenvalue weighted by Crippen LogP contribution is 1.90. The van der Waals surface area contributed by atoms with Crippen molar-refractivity contribution in [3.8, 4) is 0 Å². The third-order valence-electron chi connectivity index (χ3n) is 1.61. The molecule has 0 bridgehead atoms. The largest absolute Gasteiger partial charge is 0.312 e. The van der Waals surface area contributed by atoms with E-state index >= 15 is 0 Å². The van der Waals surface area contributed by atoms with Gasteiger partial charge in [-0.1, -0.05) is 0 Å². The van der Waals surface area contributed by atoms with Crippen molar-refractivity contribution in [2.24, 2.45) is 0 Å². The van der Waals surface area contributed by atoms with Gasteiger partial charge in [0.25, 0.3) is 0 Å². The summed E-state index contributed by atoms with van der Waals surface area (Å²) < 4.78 is 0.833. The molecule has 0 rings (SSSR count). The Balaban J connectivity index is 3.56. The van der Waals surface area contributed by atoms with Crippen LogP contribution >= 0.6 is 0 Å². The SMILES string of the molecule is CC[N+](C)(C)CNC(C)=O. The van der Waals surface area contributed by atoms with Crippen molar-refractivity contribution in [1.82, 2.24) is 5.32 Å². The molecule has 10 heavy (non-hydrogen) atoms. The first-order chi connectivity index (χ1) is 4.48. The topological polar surface area (TPSA) is 29.1 Å². The maximum atomic E-state index is 10.5. The Hall–Kier alpha value is -0.570. The van der Waals surface area contributed by atoms with Gasteiger partial charge >= 0.3 is 0 Å². The molecule has 0 saturated heterocycles. The Kier molecular flexibility index (Phi) is 3.36. The van der Waals surface area contributed by atoms with E-state index in [-0.39, 0.29) is 5.91 Å². The highest BCUT2D eigenvalue weighted by atomic mass is 16.1. The van der Waals surface area contributed by atoms with Crippen molar-refractivity contribution in [1.29, 1.82) is 0 Å². The summed E-state index contributed by atoms with van der Waals surface area (Å²) >= 11 is 0. The summed E-state index contributed by atoms with van der Waals surface area (Å²) in [6, 6.07) is 0.